The molecule has 21 heavy (non-hydrogen) atoms. The highest BCUT2D eigenvalue weighted by Crippen LogP contribution is 2.40. The molecule has 0 unspecified atom stereocenters. The van der Waals surface area contributed by atoms with Crippen molar-refractivity contribution in [3.8, 4) is 0 Å². The molecule has 2 aliphatic heterocycles. The van der Waals surface area contributed by atoms with Gasteiger partial charge in [0.2, 0.25) is 0 Å². The third-order valence-electron chi connectivity index (χ3n) is 5.09. The molecule has 0 bridgehead atoms. The molecule has 1 aromatic rings. The van der Waals surface area contributed by atoms with Gasteiger partial charge in [-0.3, -0.25) is 9.88 Å². The maximum atomic E-state index is 6.23. The van der Waals surface area contributed by atoms with E-state index in [2.05, 4.69) is 43.6 Å². The molecule has 0 spiro atoms. The minimum atomic E-state index is -0.253. The summed E-state index contributed by atoms with van der Waals surface area (Å²) >= 11 is 0. The predicted molar refractivity (Wildman–Crippen MR) is 83.8 cm³/mol. The highest BCUT2D eigenvalue weighted by atomic mass is 16.7. The van der Waals surface area contributed by atoms with Gasteiger partial charge in [-0.15, -0.1) is 0 Å². The van der Waals surface area contributed by atoms with Crippen LogP contribution in [-0.4, -0.2) is 40.7 Å². The predicted octanol–water partition coefficient (Wildman–Crippen LogP) is 2.68. The normalized spacial score (nSPS) is 28.2. The Morgan fingerprint density at radius 1 is 1.24 bits per heavy atom. The fraction of sp³-hybridized carbons (Fsp3) is 0.688. The Bertz CT molecular complexity index is 476. The average Bonchev–Trinajstić information content (AvgIpc) is 2.94. The summed E-state index contributed by atoms with van der Waals surface area (Å²) in [5, 5.41) is 0. The van der Waals surface area contributed by atoms with E-state index in [4.69, 9.17) is 9.31 Å². The van der Waals surface area contributed by atoms with Crippen LogP contribution in [0.2, 0.25) is 0 Å². The molecule has 0 amide bonds. The third-order valence-corrected chi connectivity index (χ3v) is 5.09. The Kier molecular flexibility index (Phi) is 3.84. The van der Waals surface area contributed by atoms with E-state index in [0.717, 1.165) is 25.2 Å². The topological polar surface area (TPSA) is 34.6 Å². The number of nitrogens with zero attached hydrogens (tertiary/aromatic N) is 2. The quantitative estimate of drug-likeness (QED) is 0.801. The van der Waals surface area contributed by atoms with Crippen molar-refractivity contribution < 1.29 is 9.31 Å². The first kappa shape index (κ1) is 15.0. The van der Waals surface area contributed by atoms with Crippen LogP contribution in [0.5, 0.6) is 0 Å². The summed E-state index contributed by atoms with van der Waals surface area (Å²) in [5.41, 5.74) is 0.606. The van der Waals surface area contributed by atoms with Crippen molar-refractivity contribution >= 4 is 7.12 Å². The smallest absolute Gasteiger partial charge is 0.402 e. The van der Waals surface area contributed by atoms with Crippen LogP contribution in [0.1, 0.15) is 46.2 Å². The zero-order valence-electron chi connectivity index (χ0n) is 13.5. The summed E-state index contributed by atoms with van der Waals surface area (Å²) < 4.78 is 12.5. The van der Waals surface area contributed by atoms with E-state index < -0.39 is 0 Å². The van der Waals surface area contributed by atoms with Crippen LogP contribution in [0.4, 0.5) is 0 Å². The number of pyridine rings is 1. The largest absolute Gasteiger partial charge is 0.476 e. The van der Waals surface area contributed by atoms with E-state index in [0.29, 0.717) is 5.94 Å². The molecule has 2 fully saturated rings. The van der Waals surface area contributed by atoms with Gasteiger partial charge < -0.3 is 9.31 Å². The summed E-state index contributed by atoms with van der Waals surface area (Å²) in [6.07, 6.45) is 4.18. The van der Waals surface area contributed by atoms with Crippen LogP contribution in [0, 0.1) is 0 Å². The highest BCUT2D eigenvalue weighted by Gasteiger charge is 2.55. The zero-order chi connectivity index (χ0) is 15.1. The van der Waals surface area contributed by atoms with Crippen molar-refractivity contribution in [2.75, 3.05) is 6.54 Å². The van der Waals surface area contributed by atoms with Crippen LogP contribution in [0.25, 0.3) is 0 Å². The number of hydrogen-bond donors (Lipinski definition) is 0. The summed E-state index contributed by atoms with van der Waals surface area (Å²) in [5.74, 6) is 0.327. The molecule has 0 aromatic carbocycles. The first-order chi connectivity index (χ1) is 9.89. The molecule has 4 nitrogen and oxygen atoms in total. The number of aromatic nitrogens is 1. The number of likely N-dealkylation sites (tertiary alicyclic amines) is 1. The first-order valence-corrected chi connectivity index (χ1v) is 7.89. The lowest BCUT2D eigenvalue weighted by molar-refractivity contribution is 0.00578. The summed E-state index contributed by atoms with van der Waals surface area (Å²) in [6.45, 7) is 10.4. The van der Waals surface area contributed by atoms with E-state index >= 15 is 0 Å². The SMILES string of the molecule is CC1(C)OB([C@H]2CCCN2Cc2ccccn2)OC1(C)C. The second-order valence-corrected chi connectivity index (χ2v) is 7.13. The molecule has 0 saturated carbocycles. The number of rotatable bonds is 3. The van der Waals surface area contributed by atoms with Gasteiger partial charge in [0, 0.05) is 18.7 Å². The van der Waals surface area contributed by atoms with Gasteiger partial charge in [0.05, 0.1) is 16.9 Å². The van der Waals surface area contributed by atoms with Gasteiger partial charge in [-0.1, -0.05) is 6.07 Å². The van der Waals surface area contributed by atoms with Gasteiger partial charge in [0.15, 0.2) is 0 Å². The van der Waals surface area contributed by atoms with Crippen molar-refractivity contribution in [2.45, 2.75) is 64.2 Å². The second kappa shape index (κ2) is 5.38. The van der Waals surface area contributed by atoms with Gasteiger partial charge in [-0.25, -0.2) is 0 Å². The van der Waals surface area contributed by atoms with Crippen LogP contribution >= 0.6 is 0 Å². The molecule has 3 heterocycles. The fourth-order valence-corrected chi connectivity index (χ4v) is 3.10. The molecule has 2 aliphatic rings. The lowest BCUT2D eigenvalue weighted by atomic mass is 9.76. The molecular formula is C16H25BN2O2. The van der Waals surface area contributed by atoms with Crippen LogP contribution < -0.4 is 0 Å². The van der Waals surface area contributed by atoms with Crippen molar-refractivity contribution in [1.29, 1.82) is 0 Å². The Hall–Kier alpha value is -0.905. The average molecular weight is 288 g/mol. The first-order valence-electron chi connectivity index (χ1n) is 7.89. The molecule has 5 heteroatoms. The Morgan fingerprint density at radius 2 is 1.95 bits per heavy atom. The molecule has 1 atom stereocenters. The van der Waals surface area contributed by atoms with E-state index in [1.54, 1.807) is 0 Å². The monoisotopic (exact) mass is 288 g/mol. The van der Waals surface area contributed by atoms with E-state index in [1.807, 2.05) is 18.3 Å². The second-order valence-electron chi connectivity index (χ2n) is 7.13. The van der Waals surface area contributed by atoms with E-state index in [-0.39, 0.29) is 18.3 Å². The summed E-state index contributed by atoms with van der Waals surface area (Å²) in [7, 11) is -0.138. The lowest BCUT2D eigenvalue weighted by Crippen LogP contribution is -2.44. The number of hydrogen-bond acceptors (Lipinski definition) is 4. The summed E-state index contributed by atoms with van der Waals surface area (Å²) in [6, 6.07) is 6.08. The Morgan fingerprint density at radius 3 is 2.57 bits per heavy atom. The van der Waals surface area contributed by atoms with Crippen molar-refractivity contribution in [3.63, 3.8) is 0 Å². The molecule has 0 aliphatic carbocycles. The molecular weight excluding hydrogens is 263 g/mol. The van der Waals surface area contributed by atoms with Crippen molar-refractivity contribution in [1.82, 2.24) is 9.88 Å². The van der Waals surface area contributed by atoms with Gasteiger partial charge in [0.25, 0.3) is 0 Å². The van der Waals surface area contributed by atoms with Crippen molar-refractivity contribution in [3.05, 3.63) is 30.1 Å². The minimum absolute atomic E-state index is 0.138. The maximum absolute atomic E-state index is 6.23. The Balaban J connectivity index is 1.71. The lowest BCUT2D eigenvalue weighted by Gasteiger charge is -2.32. The van der Waals surface area contributed by atoms with E-state index in [9.17, 15) is 0 Å². The van der Waals surface area contributed by atoms with Gasteiger partial charge in [-0.05, 0) is 59.2 Å². The maximum Gasteiger partial charge on any atom is 0.476 e. The highest BCUT2D eigenvalue weighted by molar-refractivity contribution is 6.47. The molecule has 0 N–H and O–H groups in total. The van der Waals surface area contributed by atoms with Gasteiger partial charge in [-0.2, -0.15) is 0 Å². The molecule has 1 aromatic heterocycles. The van der Waals surface area contributed by atoms with Crippen molar-refractivity contribution in [2.24, 2.45) is 0 Å². The van der Waals surface area contributed by atoms with Crippen LogP contribution in [0.15, 0.2) is 24.4 Å². The fourth-order valence-electron chi connectivity index (χ4n) is 3.10. The molecule has 114 valence electrons. The molecule has 0 radical (unpaired) electrons. The van der Waals surface area contributed by atoms with Crippen LogP contribution in [0.3, 0.4) is 0 Å². The zero-order valence-corrected chi connectivity index (χ0v) is 13.5. The van der Waals surface area contributed by atoms with Crippen LogP contribution in [-0.2, 0) is 15.9 Å². The summed E-state index contributed by atoms with van der Waals surface area (Å²) in [4.78, 5) is 6.89. The van der Waals surface area contributed by atoms with Gasteiger partial charge in [0.1, 0.15) is 0 Å². The minimum Gasteiger partial charge on any atom is -0.402 e. The van der Waals surface area contributed by atoms with Gasteiger partial charge >= 0.3 is 7.12 Å². The Labute approximate surface area is 128 Å². The molecule has 2 saturated heterocycles. The molecule has 3 rings (SSSR count). The van der Waals surface area contributed by atoms with E-state index in [1.165, 1.54) is 6.42 Å². The standard InChI is InChI=1S/C16H25BN2O2/c1-15(2)16(3,4)21-17(20-15)14-9-7-11-19(14)12-13-8-5-6-10-18-13/h5-6,8,10,14H,7,9,11-12H2,1-4H3/t14-/m1/s1. The third kappa shape index (κ3) is 2.87.